The zero-order valence-electron chi connectivity index (χ0n) is 14.5. The van der Waals surface area contributed by atoms with Gasteiger partial charge in [0, 0.05) is 33.7 Å². The number of rotatable bonds is 4. The third-order valence-corrected chi connectivity index (χ3v) is 4.59. The van der Waals surface area contributed by atoms with E-state index in [2.05, 4.69) is 38.2 Å². The van der Waals surface area contributed by atoms with Crippen LogP contribution in [0.3, 0.4) is 0 Å². The van der Waals surface area contributed by atoms with Crippen molar-refractivity contribution in [2.24, 2.45) is 0 Å². The lowest BCUT2D eigenvalue weighted by Gasteiger charge is -2.18. The highest BCUT2D eigenvalue weighted by atomic mass is 32.2. The lowest BCUT2D eigenvalue weighted by molar-refractivity contribution is -0.111. The molecule has 0 heterocycles. The van der Waals surface area contributed by atoms with E-state index in [9.17, 15) is 9.00 Å². The van der Waals surface area contributed by atoms with Crippen molar-refractivity contribution in [3.8, 4) is 0 Å². The molecule has 1 atom stereocenters. The van der Waals surface area contributed by atoms with Gasteiger partial charge in [-0.15, -0.1) is 0 Å². The van der Waals surface area contributed by atoms with Crippen LogP contribution < -0.4 is 5.32 Å². The maximum atomic E-state index is 12.0. The molecule has 0 aliphatic rings. The molecule has 0 aliphatic heterocycles. The summed E-state index contributed by atoms with van der Waals surface area (Å²) in [5.74, 6) is -0.194. The Bertz CT molecular complexity index is 754. The van der Waals surface area contributed by atoms with Crippen molar-refractivity contribution < 1.29 is 9.00 Å². The van der Waals surface area contributed by atoms with E-state index >= 15 is 0 Å². The normalized spacial score (nSPS) is 13.0. The molecule has 24 heavy (non-hydrogen) atoms. The van der Waals surface area contributed by atoms with E-state index in [1.807, 2.05) is 12.1 Å². The summed E-state index contributed by atoms with van der Waals surface area (Å²) in [4.78, 5) is 12.7. The second kappa shape index (κ2) is 7.58. The van der Waals surface area contributed by atoms with Gasteiger partial charge in [-0.3, -0.25) is 9.00 Å². The van der Waals surface area contributed by atoms with Gasteiger partial charge in [-0.05, 0) is 46.9 Å². The molecule has 0 aromatic heterocycles. The van der Waals surface area contributed by atoms with Crippen LogP contribution in [0.2, 0.25) is 0 Å². The Hall–Kier alpha value is -2.20. The minimum Gasteiger partial charge on any atom is -0.323 e. The molecular weight excluding hydrogens is 318 g/mol. The summed E-state index contributed by atoms with van der Waals surface area (Å²) < 4.78 is 11.3. The van der Waals surface area contributed by atoms with Crippen molar-refractivity contribution in [1.29, 1.82) is 0 Å². The average molecular weight is 341 g/mol. The fourth-order valence-electron chi connectivity index (χ4n) is 2.18. The maximum absolute atomic E-state index is 12.0. The third-order valence-electron chi connectivity index (χ3n) is 3.66. The third kappa shape index (κ3) is 5.17. The molecule has 0 fully saturated rings. The molecule has 0 saturated heterocycles. The lowest BCUT2D eigenvalue weighted by Crippen LogP contribution is -2.10. The summed E-state index contributed by atoms with van der Waals surface area (Å²) >= 11 is 0. The number of hydrogen-bond donors (Lipinski definition) is 1. The summed E-state index contributed by atoms with van der Waals surface area (Å²) in [6, 6.07) is 15.2. The van der Waals surface area contributed by atoms with Gasteiger partial charge in [0.25, 0.3) is 0 Å². The molecule has 2 rings (SSSR count). The Morgan fingerprint density at radius 1 is 1.00 bits per heavy atom. The number of carbonyl (C=O) groups excluding carboxylic acids is 1. The minimum absolute atomic E-state index is 0.119. The van der Waals surface area contributed by atoms with Gasteiger partial charge < -0.3 is 5.32 Å². The Balaban J connectivity index is 1.98. The van der Waals surface area contributed by atoms with Gasteiger partial charge in [-0.2, -0.15) is 0 Å². The predicted molar refractivity (Wildman–Crippen MR) is 102 cm³/mol. The van der Waals surface area contributed by atoms with Crippen LogP contribution >= 0.6 is 0 Å². The molecule has 2 aromatic rings. The van der Waals surface area contributed by atoms with E-state index < -0.39 is 10.8 Å². The molecule has 0 aliphatic carbocycles. The smallest absolute Gasteiger partial charge is 0.248 e. The van der Waals surface area contributed by atoms with Gasteiger partial charge in [0.2, 0.25) is 5.91 Å². The van der Waals surface area contributed by atoms with Crippen LogP contribution in [0.4, 0.5) is 5.69 Å². The molecule has 1 amide bonds. The van der Waals surface area contributed by atoms with E-state index in [-0.39, 0.29) is 11.3 Å². The molecule has 0 saturated carbocycles. The van der Waals surface area contributed by atoms with Crippen LogP contribution in [0, 0.1) is 0 Å². The second-order valence-electron chi connectivity index (χ2n) is 6.67. The summed E-state index contributed by atoms with van der Waals surface area (Å²) in [7, 11) is -1.01. The van der Waals surface area contributed by atoms with Crippen LogP contribution in [0.1, 0.15) is 31.9 Å². The summed E-state index contributed by atoms with van der Waals surface area (Å²) in [6.45, 7) is 6.51. The van der Waals surface area contributed by atoms with Crippen LogP contribution in [0.15, 0.2) is 59.5 Å². The molecule has 0 radical (unpaired) electrons. The average Bonchev–Trinajstić information content (AvgIpc) is 2.53. The maximum Gasteiger partial charge on any atom is 0.248 e. The SMILES string of the molecule is CS(=O)c1ccc(NC(=O)C=Cc2ccc(C(C)(C)C)cc2)cc1. The summed E-state index contributed by atoms with van der Waals surface area (Å²) in [6.07, 6.45) is 4.93. The molecule has 0 spiro atoms. The van der Waals surface area contributed by atoms with Gasteiger partial charge in [-0.25, -0.2) is 0 Å². The van der Waals surface area contributed by atoms with Gasteiger partial charge in [0.05, 0.1) is 0 Å². The monoisotopic (exact) mass is 341 g/mol. The van der Waals surface area contributed by atoms with E-state index in [1.54, 1.807) is 36.6 Å². The molecular formula is C20H23NO2S. The highest BCUT2D eigenvalue weighted by Crippen LogP contribution is 2.22. The van der Waals surface area contributed by atoms with Gasteiger partial charge in [0.1, 0.15) is 0 Å². The van der Waals surface area contributed by atoms with Gasteiger partial charge in [0.15, 0.2) is 0 Å². The number of hydrogen-bond acceptors (Lipinski definition) is 2. The first kappa shape index (κ1) is 18.1. The number of carbonyl (C=O) groups is 1. The minimum atomic E-state index is -1.01. The van der Waals surface area contributed by atoms with E-state index in [0.717, 1.165) is 10.5 Å². The predicted octanol–water partition coefficient (Wildman–Crippen LogP) is 4.37. The first-order valence-corrected chi connectivity index (χ1v) is 9.34. The second-order valence-corrected chi connectivity index (χ2v) is 8.05. The Kier molecular flexibility index (Phi) is 5.73. The Labute approximate surface area is 146 Å². The quantitative estimate of drug-likeness (QED) is 0.839. The van der Waals surface area contributed by atoms with Crippen molar-refractivity contribution in [2.45, 2.75) is 31.1 Å². The highest BCUT2D eigenvalue weighted by Gasteiger charge is 2.12. The molecule has 126 valence electrons. The molecule has 1 unspecified atom stereocenters. The first-order chi connectivity index (χ1) is 11.3. The fraction of sp³-hybridized carbons (Fsp3) is 0.250. The standard InChI is InChI=1S/C20H23NO2S/c1-20(2,3)16-8-5-15(6-9-16)7-14-19(22)21-17-10-12-18(13-11-17)24(4)23/h5-14H,1-4H3,(H,21,22). The largest absolute Gasteiger partial charge is 0.323 e. The molecule has 1 N–H and O–H groups in total. The topological polar surface area (TPSA) is 46.2 Å². The zero-order chi connectivity index (χ0) is 17.7. The summed E-state index contributed by atoms with van der Waals surface area (Å²) in [5, 5.41) is 2.79. The van der Waals surface area contributed by atoms with Gasteiger partial charge in [-0.1, -0.05) is 45.0 Å². The van der Waals surface area contributed by atoms with Crippen molar-refractivity contribution in [3.63, 3.8) is 0 Å². The Morgan fingerprint density at radius 3 is 2.08 bits per heavy atom. The Morgan fingerprint density at radius 2 is 1.58 bits per heavy atom. The van der Waals surface area contributed by atoms with Crippen LogP contribution in [-0.4, -0.2) is 16.4 Å². The number of benzene rings is 2. The van der Waals surface area contributed by atoms with Crippen LogP contribution in [0.25, 0.3) is 6.08 Å². The number of anilines is 1. The summed E-state index contributed by atoms with van der Waals surface area (Å²) in [5.41, 5.74) is 3.04. The molecule has 0 bridgehead atoms. The van der Waals surface area contributed by atoms with E-state index in [1.165, 1.54) is 11.6 Å². The lowest BCUT2D eigenvalue weighted by atomic mass is 9.87. The van der Waals surface area contributed by atoms with Crippen molar-refractivity contribution in [3.05, 3.63) is 65.7 Å². The van der Waals surface area contributed by atoms with Crippen molar-refractivity contribution >= 4 is 28.5 Å². The van der Waals surface area contributed by atoms with E-state index in [0.29, 0.717) is 5.69 Å². The highest BCUT2D eigenvalue weighted by molar-refractivity contribution is 7.84. The van der Waals surface area contributed by atoms with Crippen molar-refractivity contribution in [1.82, 2.24) is 0 Å². The first-order valence-electron chi connectivity index (χ1n) is 7.79. The van der Waals surface area contributed by atoms with E-state index in [4.69, 9.17) is 0 Å². The van der Waals surface area contributed by atoms with Crippen LogP contribution in [0.5, 0.6) is 0 Å². The fourth-order valence-corrected chi connectivity index (χ4v) is 2.70. The zero-order valence-corrected chi connectivity index (χ0v) is 15.3. The van der Waals surface area contributed by atoms with Crippen molar-refractivity contribution in [2.75, 3.05) is 11.6 Å². The van der Waals surface area contributed by atoms with Gasteiger partial charge >= 0.3 is 0 Å². The molecule has 2 aromatic carbocycles. The number of nitrogens with one attached hydrogen (secondary N) is 1. The molecule has 3 nitrogen and oxygen atoms in total. The molecule has 4 heteroatoms. The van der Waals surface area contributed by atoms with Crippen LogP contribution in [-0.2, 0) is 21.0 Å². The number of amides is 1.